The van der Waals surface area contributed by atoms with Gasteiger partial charge in [0.2, 0.25) is 0 Å². The Kier molecular flexibility index (Phi) is 8.07. The van der Waals surface area contributed by atoms with Crippen LogP contribution in [0.2, 0.25) is 0 Å². The molecule has 1 amide bonds. The first-order valence-electron chi connectivity index (χ1n) is 8.16. The number of carbonyl (C=O) groups excluding carboxylic acids is 1. The van der Waals surface area contributed by atoms with Crippen molar-refractivity contribution in [3.63, 3.8) is 0 Å². The second-order valence-electron chi connectivity index (χ2n) is 5.52. The number of carboxylic acids is 1. The number of nitrogens with one attached hydrogen (secondary N) is 1. The molecule has 2 N–H and O–H groups in total. The van der Waals surface area contributed by atoms with Gasteiger partial charge in [-0.05, 0) is 52.4 Å². The number of ether oxygens (including phenoxy) is 4. The molecule has 2 rings (SSSR count). The number of hydrogen-bond donors (Lipinski definition) is 2. The lowest BCUT2D eigenvalue weighted by molar-refractivity contribution is -0.139. The highest BCUT2D eigenvalue weighted by molar-refractivity contribution is 14.1. The molecule has 0 spiro atoms. The molecule has 2 aromatic carbocycles. The molecule has 0 atom stereocenters. The Balaban J connectivity index is 2.14. The Bertz CT molecular complexity index is 909. The Morgan fingerprint density at radius 3 is 2.28 bits per heavy atom. The third kappa shape index (κ3) is 6.24. The highest BCUT2D eigenvalue weighted by atomic mass is 127. The topological polar surface area (TPSA) is 116 Å². The number of carbonyl (C=O) groups is 2. The normalized spacial score (nSPS) is 10.5. The third-order valence-electron chi connectivity index (χ3n) is 3.59. The summed E-state index contributed by atoms with van der Waals surface area (Å²) in [6, 6.07) is 8.11. The number of hydrazone groups is 1. The van der Waals surface area contributed by atoms with Crippen LogP contribution < -0.4 is 24.4 Å². The van der Waals surface area contributed by atoms with Crippen LogP contribution >= 0.6 is 22.6 Å². The van der Waals surface area contributed by atoms with Gasteiger partial charge in [-0.25, -0.2) is 10.2 Å². The molecular formula is C19H19IN2O7. The van der Waals surface area contributed by atoms with Gasteiger partial charge in [0.05, 0.1) is 31.1 Å². The quantitative estimate of drug-likeness (QED) is 0.300. The van der Waals surface area contributed by atoms with Crippen LogP contribution in [0.15, 0.2) is 35.4 Å². The van der Waals surface area contributed by atoms with Crippen molar-refractivity contribution < 1.29 is 33.6 Å². The minimum atomic E-state index is -1.09. The molecule has 2 aromatic rings. The van der Waals surface area contributed by atoms with Gasteiger partial charge in [-0.3, -0.25) is 4.79 Å². The van der Waals surface area contributed by atoms with Gasteiger partial charge in [-0.1, -0.05) is 0 Å². The predicted molar refractivity (Wildman–Crippen MR) is 113 cm³/mol. The number of rotatable bonds is 9. The number of aliphatic carboxylic acids is 1. The minimum absolute atomic E-state index is 0.320. The lowest BCUT2D eigenvalue weighted by Gasteiger charge is -2.12. The molecule has 0 saturated carbocycles. The number of benzene rings is 2. The number of halogens is 1. The SMILES string of the molecule is COc1cc(OC)cc(C(=O)N/N=C\c2cc(I)c(OCC(=O)O)c(OC)c2)c1. The molecule has 0 bridgehead atoms. The first-order valence-corrected chi connectivity index (χ1v) is 9.24. The maximum atomic E-state index is 12.3. The van der Waals surface area contributed by atoms with Crippen LogP contribution in [0, 0.1) is 3.57 Å². The summed E-state index contributed by atoms with van der Waals surface area (Å²) in [5, 5.41) is 12.7. The molecule has 0 heterocycles. The molecule has 0 radical (unpaired) electrons. The molecule has 0 fully saturated rings. The summed E-state index contributed by atoms with van der Waals surface area (Å²) < 4.78 is 21.4. The van der Waals surface area contributed by atoms with E-state index < -0.39 is 18.5 Å². The van der Waals surface area contributed by atoms with Crippen molar-refractivity contribution in [1.82, 2.24) is 5.43 Å². The van der Waals surface area contributed by atoms with Gasteiger partial charge in [0.1, 0.15) is 11.5 Å². The highest BCUT2D eigenvalue weighted by Crippen LogP contribution is 2.33. The molecule has 0 unspecified atom stereocenters. The average molecular weight is 514 g/mol. The predicted octanol–water partition coefficient (Wildman–Crippen LogP) is 2.54. The second-order valence-corrected chi connectivity index (χ2v) is 6.68. The van der Waals surface area contributed by atoms with Crippen LogP contribution in [0.5, 0.6) is 23.0 Å². The Morgan fingerprint density at radius 2 is 1.72 bits per heavy atom. The van der Waals surface area contributed by atoms with E-state index in [4.69, 9.17) is 24.1 Å². The first kappa shape index (κ1) is 22.3. The van der Waals surface area contributed by atoms with E-state index in [0.717, 1.165) is 0 Å². The highest BCUT2D eigenvalue weighted by Gasteiger charge is 2.13. The van der Waals surface area contributed by atoms with Crippen molar-refractivity contribution in [2.45, 2.75) is 0 Å². The van der Waals surface area contributed by atoms with E-state index in [9.17, 15) is 9.59 Å². The molecular weight excluding hydrogens is 495 g/mol. The first-order chi connectivity index (χ1) is 13.9. The van der Waals surface area contributed by atoms with Gasteiger partial charge in [0.25, 0.3) is 5.91 Å². The summed E-state index contributed by atoms with van der Waals surface area (Å²) in [4.78, 5) is 23.0. The van der Waals surface area contributed by atoms with E-state index in [1.165, 1.54) is 27.5 Å². The maximum absolute atomic E-state index is 12.3. The molecule has 0 aliphatic heterocycles. The molecule has 0 aliphatic rings. The zero-order chi connectivity index (χ0) is 21.4. The van der Waals surface area contributed by atoms with Crippen molar-refractivity contribution in [1.29, 1.82) is 0 Å². The summed E-state index contributed by atoms with van der Waals surface area (Å²) in [6.45, 7) is -0.486. The van der Waals surface area contributed by atoms with E-state index >= 15 is 0 Å². The Hall–Kier alpha value is -3.02. The van der Waals surface area contributed by atoms with Crippen molar-refractivity contribution in [2.24, 2.45) is 5.10 Å². The molecule has 154 valence electrons. The van der Waals surface area contributed by atoms with Crippen molar-refractivity contribution in [2.75, 3.05) is 27.9 Å². The van der Waals surface area contributed by atoms with Crippen LogP contribution in [0.3, 0.4) is 0 Å². The summed E-state index contributed by atoms with van der Waals surface area (Å²) in [5.41, 5.74) is 3.37. The van der Waals surface area contributed by atoms with Crippen LogP contribution in [0.1, 0.15) is 15.9 Å². The zero-order valence-electron chi connectivity index (χ0n) is 15.9. The van der Waals surface area contributed by atoms with E-state index in [-0.39, 0.29) is 0 Å². The number of nitrogens with zero attached hydrogens (tertiary/aromatic N) is 1. The van der Waals surface area contributed by atoms with E-state index in [1.807, 2.05) is 22.6 Å². The summed E-state index contributed by atoms with van der Waals surface area (Å²) in [7, 11) is 4.43. The van der Waals surface area contributed by atoms with Gasteiger partial charge in [0.15, 0.2) is 18.1 Å². The largest absolute Gasteiger partial charge is 0.497 e. The second kappa shape index (κ2) is 10.5. The van der Waals surface area contributed by atoms with Crippen LogP contribution in [-0.4, -0.2) is 51.1 Å². The van der Waals surface area contributed by atoms with Gasteiger partial charge < -0.3 is 24.1 Å². The van der Waals surface area contributed by atoms with Crippen molar-refractivity contribution in [3.05, 3.63) is 45.0 Å². The fourth-order valence-electron chi connectivity index (χ4n) is 2.26. The lowest BCUT2D eigenvalue weighted by atomic mass is 10.2. The molecule has 0 aliphatic carbocycles. The van der Waals surface area contributed by atoms with Gasteiger partial charge in [-0.15, -0.1) is 0 Å². The lowest BCUT2D eigenvalue weighted by Crippen LogP contribution is -2.17. The van der Waals surface area contributed by atoms with Gasteiger partial charge in [-0.2, -0.15) is 5.10 Å². The zero-order valence-corrected chi connectivity index (χ0v) is 18.1. The summed E-state index contributed by atoms with van der Waals surface area (Å²) in [5.74, 6) is 0.0972. The van der Waals surface area contributed by atoms with E-state index in [0.29, 0.717) is 37.7 Å². The number of hydrogen-bond acceptors (Lipinski definition) is 7. The summed E-state index contributed by atoms with van der Waals surface area (Å²) >= 11 is 2.00. The molecule has 29 heavy (non-hydrogen) atoms. The Labute approximate surface area is 180 Å². The molecule has 0 saturated heterocycles. The van der Waals surface area contributed by atoms with Crippen LogP contribution in [0.25, 0.3) is 0 Å². The van der Waals surface area contributed by atoms with Gasteiger partial charge >= 0.3 is 5.97 Å². The smallest absolute Gasteiger partial charge is 0.341 e. The number of amides is 1. The average Bonchev–Trinajstić information content (AvgIpc) is 2.71. The summed E-state index contributed by atoms with van der Waals surface area (Å²) in [6.07, 6.45) is 1.43. The van der Waals surface area contributed by atoms with Crippen molar-refractivity contribution >= 4 is 40.7 Å². The van der Waals surface area contributed by atoms with Crippen LogP contribution in [0.4, 0.5) is 0 Å². The van der Waals surface area contributed by atoms with Crippen LogP contribution in [-0.2, 0) is 4.79 Å². The van der Waals surface area contributed by atoms with Crippen molar-refractivity contribution in [3.8, 4) is 23.0 Å². The fraction of sp³-hybridized carbons (Fsp3) is 0.211. The molecule has 10 heteroatoms. The van der Waals surface area contributed by atoms with Gasteiger partial charge in [0, 0.05) is 11.6 Å². The van der Waals surface area contributed by atoms with E-state index in [1.54, 1.807) is 30.3 Å². The third-order valence-corrected chi connectivity index (χ3v) is 4.39. The molecule has 9 nitrogen and oxygen atoms in total. The fourth-order valence-corrected chi connectivity index (χ4v) is 3.04. The standard InChI is InChI=1S/C19H19IN2O7/c1-26-13-6-12(7-14(8-13)27-2)19(25)22-21-9-11-4-15(20)18(16(5-11)28-3)29-10-17(23)24/h4-9H,10H2,1-3H3,(H,22,25)(H,23,24)/b21-9-. The minimum Gasteiger partial charge on any atom is -0.497 e. The number of carboxylic acid groups (broad SMARTS) is 1. The van der Waals surface area contributed by atoms with E-state index in [2.05, 4.69) is 10.5 Å². The Morgan fingerprint density at radius 1 is 1.07 bits per heavy atom. The maximum Gasteiger partial charge on any atom is 0.341 e. The monoisotopic (exact) mass is 514 g/mol. The number of methoxy groups -OCH3 is 3. The molecule has 0 aromatic heterocycles.